The highest BCUT2D eigenvalue weighted by atomic mass is 35.5. The fourth-order valence-electron chi connectivity index (χ4n) is 2.57. The summed E-state index contributed by atoms with van der Waals surface area (Å²) in [6, 6.07) is 16.3. The maximum absolute atomic E-state index is 6.54. The molecule has 0 aliphatic carbocycles. The molecule has 1 unspecified atom stereocenters. The summed E-state index contributed by atoms with van der Waals surface area (Å²) in [5.41, 5.74) is 2.39. The van der Waals surface area contributed by atoms with Crippen molar-refractivity contribution < 1.29 is 4.74 Å². The lowest BCUT2D eigenvalue weighted by atomic mass is 9.84. The molecule has 3 rings (SSSR count). The summed E-state index contributed by atoms with van der Waals surface area (Å²) in [4.78, 5) is 0. The predicted octanol–water partition coefficient (Wildman–Crippen LogP) is 4.94. The van der Waals surface area contributed by atoms with Crippen LogP contribution < -0.4 is 4.74 Å². The quantitative estimate of drug-likeness (QED) is 0.693. The molecule has 0 bridgehead atoms. The van der Waals surface area contributed by atoms with Crippen molar-refractivity contribution in [1.29, 1.82) is 0 Å². The number of para-hydroxylation sites is 2. The minimum absolute atomic E-state index is 0.0937. The van der Waals surface area contributed by atoms with Crippen molar-refractivity contribution >= 4 is 11.6 Å². The first-order valence-electron chi connectivity index (χ1n) is 6.31. The summed E-state index contributed by atoms with van der Waals surface area (Å²) in [5.74, 6) is 2.08. The maximum atomic E-state index is 6.54. The van der Waals surface area contributed by atoms with Crippen LogP contribution >= 0.6 is 11.6 Å². The Hall–Kier alpha value is -1.47. The summed E-state index contributed by atoms with van der Waals surface area (Å²) in [6.07, 6.45) is 0.939. The van der Waals surface area contributed by atoms with Gasteiger partial charge in [-0.05, 0) is 18.6 Å². The molecule has 0 amide bonds. The van der Waals surface area contributed by atoms with Gasteiger partial charge in [0.1, 0.15) is 11.5 Å². The fraction of sp³-hybridized carbons (Fsp3) is 0.250. The van der Waals surface area contributed by atoms with E-state index in [4.69, 9.17) is 16.3 Å². The second kappa shape index (κ2) is 4.66. The third-order valence-electron chi connectivity index (χ3n) is 3.48. The summed E-state index contributed by atoms with van der Waals surface area (Å²) < 4.78 is 5.94. The highest BCUT2D eigenvalue weighted by Gasteiger charge is 2.31. The third kappa shape index (κ3) is 1.79. The average molecular weight is 259 g/mol. The lowest BCUT2D eigenvalue weighted by Crippen LogP contribution is -2.18. The maximum Gasteiger partial charge on any atom is 0.131 e. The van der Waals surface area contributed by atoms with Crippen LogP contribution in [0.15, 0.2) is 48.5 Å². The summed E-state index contributed by atoms with van der Waals surface area (Å²) in [7, 11) is 0. The van der Waals surface area contributed by atoms with Gasteiger partial charge in [-0.25, -0.2) is 0 Å². The van der Waals surface area contributed by atoms with E-state index >= 15 is 0 Å². The molecule has 1 nitrogen and oxygen atoms in total. The van der Waals surface area contributed by atoms with Crippen LogP contribution in [0.5, 0.6) is 11.5 Å². The third-order valence-corrected chi connectivity index (χ3v) is 4.04. The molecule has 2 aromatic carbocycles. The van der Waals surface area contributed by atoms with Crippen molar-refractivity contribution in [2.45, 2.75) is 24.6 Å². The summed E-state index contributed by atoms with van der Waals surface area (Å²) in [6.45, 7) is 2.12. The van der Waals surface area contributed by atoms with Crippen molar-refractivity contribution in [3.63, 3.8) is 0 Å². The van der Waals surface area contributed by atoms with E-state index in [0.717, 1.165) is 17.9 Å². The van der Waals surface area contributed by atoms with Gasteiger partial charge in [-0.3, -0.25) is 0 Å². The van der Waals surface area contributed by atoms with E-state index < -0.39 is 0 Å². The molecule has 0 radical (unpaired) electrons. The van der Waals surface area contributed by atoms with Gasteiger partial charge in [-0.15, -0.1) is 11.6 Å². The van der Waals surface area contributed by atoms with Gasteiger partial charge in [0.2, 0.25) is 0 Å². The molecule has 0 fully saturated rings. The minimum Gasteiger partial charge on any atom is -0.457 e. The molecular formula is C16H15ClO. The number of benzene rings is 2. The Balaban J connectivity index is 2.17. The largest absolute Gasteiger partial charge is 0.457 e. The van der Waals surface area contributed by atoms with E-state index in [0.29, 0.717) is 0 Å². The predicted molar refractivity (Wildman–Crippen MR) is 74.7 cm³/mol. The SMILES string of the molecule is CCC(Cl)C1c2ccccc2Oc2ccccc21. The monoisotopic (exact) mass is 258 g/mol. The van der Waals surface area contributed by atoms with E-state index in [9.17, 15) is 0 Å². The lowest BCUT2D eigenvalue weighted by molar-refractivity contribution is 0.441. The number of alkyl halides is 1. The van der Waals surface area contributed by atoms with Crippen LogP contribution in [0.4, 0.5) is 0 Å². The summed E-state index contributed by atoms with van der Waals surface area (Å²) >= 11 is 6.54. The molecule has 1 aliphatic rings. The Bertz CT molecular complexity index is 519. The molecule has 18 heavy (non-hydrogen) atoms. The van der Waals surface area contributed by atoms with Crippen LogP contribution in [0.2, 0.25) is 0 Å². The highest BCUT2D eigenvalue weighted by molar-refractivity contribution is 6.21. The molecule has 2 aromatic rings. The van der Waals surface area contributed by atoms with Crippen LogP contribution in [-0.2, 0) is 0 Å². The molecule has 0 spiro atoms. The lowest BCUT2D eigenvalue weighted by Gasteiger charge is -2.30. The van der Waals surface area contributed by atoms with Crippen LogP contribution in [-0.4, -0.2) is 5.38 Å². The number of rotatable bonds is 2. The fourth-order valence-corrected chi connectivity index (χ4v) is 2.84. The van der Waals surface area contributed by atoms with Gasteiger partial charge in [0.05, 0.1) is 0 Å². The zero-order valence-electron chi connectivity index (χ0n) is 10.3. The van der Waals surface area contributed by atoms with E-state index in [-0.39, 0.29) is 11.3 Å². The number of hydrogen-bond acceptors (Lipinski definition) is 1. The van der Waals surface area contributed by atoms with Crippen LogP contribution in [0.25, 0.3) is 0 Å². The molecular weight excluding hydrogens is 244 g/mol. The van der Waals surface area contributed by atoms with Crippen molar-refractivity contribution in [2.24, 2.45) is 0 Å². The van der Waals surface area contributed by atoms with Crippen molar-refractivity contribution in [3.8, 4) is 11.5 Å². The second-order valence-corrected chi connectivity index (χ2v) is 5.14. The Morgan fingerprint density at radius 1 is 1.00 bits per heavy atom. The van der Waals surface area contributed by atoms with Gasteiger partial charge in [-0.1, -0.05) is 43.3 Å². The normalized spacial score (nSPS) is 15.4. The first-order valence-corrected chi connectivity index (χ1v) is 6.74. The molecule has 92 valence electrons. The van der Waals surface area contributed by atoms with E-state index in [1.54, 1.807) is 0 Å². The number of ether oxygens (including phenoxy) is 1. The van der Waals surface area contributed by atoms with Crippen molar-refractivity contribution in [3.05, 3.63) is 59.7 Å². The number of fused-ring (bicyclic) bond motifs is 2. The van der Waals surface area contributed by atoms with Crippen LogP contribution in [0, 0.1) is 0 Å². The molecule has 1 atom stereocenters. The average Bonchev–Trinajstić information content (AvgIpc) is 2.44. The molecule has 0 aromatic heterocycles. The smallest absolute Gasteiger partial charge is 0.131 e. The van der Waals surface area contributed by atoms with Gasteiger partial charge in [-0.2, -0.15) is 0 Å². The van der Waals surface area contributed by atoms with Gasteiger partial charge < -0.3 is 4.74 Å². The highest BCUT2D eigenvalue weighted by Crippen LogP contribution is 2.47. The summed E-state index contributed by atoms with van der Waals surface area (Å²) in [5, 5.41) is 0.0937. The number of hydrogen-bond donors (Lipinski definition) is 0. The Morgan fingerprint density at radius 3 is 2.00 bits per heavy atom. The molecule has 1 aliphatic heterocycles. The van der Waals surface area contributed by atoms with Crippen molar-refractivity contribution in [1.82, 2.24) is 0 Å². The zero-order chi connectivity index (χ0) is 12.5. The Kier molecular flexibility index (Phi) is 3.00. The Labute approximate surface area is 112 Å². The molecule has 0 saturated heterocycles. The van der Waals surface area contributed by atoms with Crippen LogP contribution in [0.3, 0.4) is 0 Å². The van der Waals surface area contributed by atoms with Crippen LogP contribution in [0.1, 0.15) is 30.4 Å². The molecule has 2 heteroatoms. The minimum atomic E-state index is 0.0937. The van der Waals surface area contributed by atoms with Gasteiger partial charge >= 0.3 is 0 Å². The zero-order valence-corrected chi connectivity index (χ0v) is 11.0. The molecule has 1 heterocycles. The van der Waals surface area contributed by atoms with Gasteiger partial charge in [0, 0.05) is 22.4 Å². The first-order chi connectivity index (χ1) is 8.81. The Morgan fingerprint density at radius 2 is 1.50 bits per heavy atom. The topological polar surface area (TPSA) is 9.23 Å². The van der Waals surface area contributed by atoms with Gasteiger partial charge in [0.15, 0.2) is 0 Å². The second-order valence-electron chi connectivity index (χ2n) is 4.58. The van der Waals surface area contributed by atoms with Crippen molar-refractivity contribution in [2.75, 3.05) is 0 Å². The van der Waals surface area contributed by atoms with E-state index in [1.807, 2.05) is 36.4 Å². The molecule has 0 saturated carbocycles. The number of halogens is 1. The first kappa shape index (κ1) is 11.6. The van der Waals surface area contributed by atoms with Gasteiger partial charge in [0.25, 0.3) is 0 Å². The molecule has 0 N–H and O–H groups in total. The standard InChI is InChI=1S/C16H15ClO/c1-2-13(17)16-11-7-3-5-9-14(11)18-15-10-6-4-8-12(15)16/h3-10,13,16H,2H2,1H3. The van der Waals surface area contributed by atoms with E-state index in [1.165, 1.54) is 11.1 Å². The van der Waals surface area contributed by atoms with E-state index in [2.05, 4.69) is 19.1 Å².